The molecule has 0 aromatic rings. The molecule has 0 heterocycles. The average molecular weight is 293 g/mol. The lowest BCUT2D eigenvalue weighted by molar-refractivity contribution is 1.53. The Bertz CT molecular complexity index is 80.0. The smallest absolute Gasteiger partial charge is 0.0956 e. The Balaban J connectivity index is 3.47. The summed E-state index contributed by atoms with van der Waals surface area (Å²) in [5, 5.41) is 0. The fourth-order valence-corrected chi connectivity index (χ4v) is 5.32. The molecule has 0 rings (SSSR count). The highest BCUT2D eigenvalue weighted by atomic mass is 32.3. The van der Waals surface area contributed by atoms with Gasteiger partial charge in [-0.1, -0.05) is 0 Å². The van der Waals surface area contributed by atoms with Gasteiger partial charge in [-0.2, -0.15) is 37.9 Å². The molecule has 0 unspecified atom stereocenters. The molecule has 0 aliphatic carbocycles. The minimum absolute atomic E-state index is 0.645. The van der Waals surface area contributed by atoms with E-state index in [2.05, 4.69) is 37.9 Å². The minimum atomic E-state index is 0.645. The molecular weight excluding hydrogens is 276 g/mol. The third-order valence-electron chi connectivity index (χ3n) is 1.04. The molecule has 0 aromatic heterocycles. The molecule has 0 fully saturated rings. The second kappa shape index (κ2) is 12.2. The summed E-state index contributed by atoms with van der Waals surface area (Å²) in [4.78, 5) is 0. The van der Waals surface area contributed by atoms with E-state index in [1.807, 2.05) is 35.3 Å². The molecule has 0 atom stereocenters. The van der Waals surface area contributed by atoms with E-state index in [-0.39, 0.29) is 0 Å². The number of thiol groups is 3. The van der Waals surface area contributed by atoms with Crippen molar-refractivity contribution < 1.29 is 0 Å². The van der Waals surface area contributed by atoms with Crippen LogP contribution in [0.1, 0.15) is 0 Å². The van der Waals surface area contributed by atoms with E-state index in [0.29, 0.717) is 3.91 Å². The number of rotatable bonds is 9. The summed E-state index contributed by atoms with van der Waals surface area (Å²) in [6.45, 7) is 0. The predicted octanol–water partition coefficient (Wildman–Crippen LogP) is 3.26. The average Bonchev–Trinajstić information content (AvgIpc) is 2.17. The van der Waals surface area contributed by atoms with Gasteiger partial charge in [0, 0.05) is 17.3 Å². The maximum absolute atomic E-state index is 4.21. The van der Waals surface area contributed by atoms with Gasteiger partial charge in [-0.3, -0.25) is 0 Å². The van der Waals surface area contributed by atoms with Gasteiger partial charge >= 0.3 is 0 Å². The fraction of sp³-hybridized carbons (Fsp3) is 1.00. The summed E-state index contributed by atoms with van der Waals surface area (Å²) in [5.74, 6) is 6.28. The molecule has 0 nitrogen and oxygen atoms in total. The first-order chi connectivity index (χ1) is 6.35. The topological polar surface area (TPSA) is 0 Å². The molecule has 13 heavy (non-hydrogen) atoms. The Labute approximate surface area is 111 Å². The van der Waals surface area contributed by atoms with E-state index in [0.717, 1.165) is 34.5 Å². The van der Waals surface area contributed by atoms with Crippen molar-refractivity contribution in [2.45, 2.75) is 3.91 Å². The minimum Gasteiger partial charge on any atom is -0.179 e. The molecule has 0 aromatic carbocycles. The highest BCUT2D eigenvalue weighted by Gasteiger charge is 2.08. The molecule has 0 bridgehead atoms. The van der Waals surface area contributed by atoms with Gasteiger partial charge in [-0.15, -0.1) is 35.3 Å². The quantitative estimate of drug-likeness (QED) is 0.441. The first-order valence-corrected chi connectivity index (χ1v) is 9.07. The van der Waals surface area contributed by atoms with Crippen LogP contribution in [0.5, 0.6) is 0 Å². The van der Waals surface area contributed by atoms with Gasteiger partial charge in [0.25, 0.3) is 0 Å². The molecule has 0 aliphatic heterocycles. The van der Waals surface area contributed by atoms with Crippen molar-refractivity contribution in [1.82, 2.24) is 0 Å². The van der Waals surface area contributed by atoms with Gasteiger partial charge < -0.3 is 0 Å². The van der Waals surface area contributed by atoms with Gasteiger partial charge in [-0.25, -0.2) is 0 Å². The number of thioether (sulfide) groups is 3. The summed E-state index contributed by atoms with van der Waals surface area (Å²) >= 11 is 18.6. The molecule has 6 heteroatoms. The monoisotopic (exact) mass is 292 g/mol. The zero-order valence-electron chi connectivity index (χ0n) is 7.39. The normalized spacial score (nSPS) is 11.1. The standard InChI is InChI=1S/C7H16S6/c8-1-4-11-7(12-5-2-9)13-6-3-10/h7-10H,1-6H2. The third-order valence-corrected chi connectivity index (χ3v) is 7.20. The van der Waals surface area contributed by atoms with Crippen molar-refractivity contribution in [2.24, 2.45) is 0 Å². The van der Waals surface area contributed by atoms with Crippen LogP contribution in [0.15, 0.2) is 0 Å². The highest BCUT2D eigenvalue weighted by Crippen LogP contribution is 2.33. The van der Waals surface area contributed by atoms with Crippen LogP contribution < -0.4 is 0 Å². The summed E-state index contributed by atoms with van der Waals surface area (Å²) in [6.07, 6.45) is 0. The van der Waals surface area contributed by atoms with Crippen molar-refractivity contribution in [3.63, 3.8) is 0 Å². The van der Waals surface area contributed by atoms with E-state index < -0.39 is 0 Å². The maximum atomic E-state index is 4.21. The first kappa shape index (κ1) is 15.1. The van der Waals surface area contributed by atoms with Crippen molar-refractivity contribution in [3.05, 3.63) is 0 Å². The molecule has 0 spiro atoms. The fourth-order valence-electron chi connectivity index (χ4n) is 0.591. The zero-order valence-corrected chi connectivity index (χ0v) is 12.5. The highest BCUT2D eigenvalue weighted by molar-refractivity contribution is 8.32. The van der Waals surface area contributed by atoms with Crippen LogP contribution >= 0.6 is 73.2 Å². The van der Waals surface area contributed by atoms with Crippen LogP contribution in [0.25, 0.3) is 0 Å². The number of hydrogen-bond acceptors (Lipinski definition) is 6. The second-order valence-corrected chi connectivity index (χ2v) is 7.95. The molecule has 0 amide bonds. The zero-order chi connectivity index (χ0) is 9.94. The van der Waals surface area contributed by atoms with Crippen molar-refractivity contribution >= 4 is 73.2 Å². The summed E-state index contributed by atoms with van der Waals surface area (Å²) in [6, 6.07) is 0. The summed E-state index contributed by atoms with van der Waals surface area (Å²) in [7, 11) is 0. The summed E-state index contributed by atoms with van der Waals surface area (Å²) in [5.41, 5.74) is 0. The predicted molar refractivity (Wildman–Crippen MR) is 82.7 cm³/mol. The summed E-state index contributed by atoms with van der Waals surface area (Å²) < 4.78 is 0.645. The molecule has 0 aliphatic rings. The maximum Gasteiger partial charge on any atom is 0.0956 e. The van der Waals surface area contributed by atoms with E-state index >= 15 is 0 Å². The Morgan fingerprint density at radius 2 is 1.00 bits per heavy atom. The van der Waals surface area contributed by atoms with Crippen LogP contribution in [-0.4, -0.2) is 38.4 Å². The molecule has 0 saturated carbocycles. The Hall–Kier alpha value is 2.10. The molecule has 0 N–H and O–H groups in total. The van der Waals surface area contributed by atoms with E-state index in [4.69, 9.17) is 0 Å². The van der Waals surface area contributed by atoms with Gasteiger partial charge in [0.15, 0.2) is 0 Å². The third kappa shape index (κ3) is 10.4. The molecule has 0 radical (unpaired) electrons. The lowest BCUT2D eigenvalue weighted by atomic mass is 11.0. The molecule has 80 valence electrons. The van der Waals surface area contributed by atoms with Crippen LogP contribution in [0.4, 0.5) is 0 Å². The van der Waals surface area contributed by atoms with Crippen LogP contribution in [0, 0.1) is 0 Å². The SMILES string of the molecule is SCCSC(SCCS)SCCS. The lowest BCUT2D eigenvalue weighted by Gasteiger charge is -2.13. The largest absolute Gasteiger partial charge is 0.179 e. The van der Waals surface area contributed by atoms with Gasteiger partial charge in [0.1, 0.15) is 0 Å². The Morgan fingerprint density at radius 1 is 0.692 bits per heavy atom. The van der Waals surface area contributed by atoms with Crippen LogP contribution in [-0.2, 0) is 0 Å². The number of hydrogen-bond donors (Lipinski definition) is 3. The molecular formula is C7H16S6. The first-order valence-electron chi connectivity index (χ1n) is 4.02. The Kier molecular flexibility index (Phi) is 14.1. The van der Waals surface area contributed by atoms with E-state index in [1.165, 1.54) is 0 Å². The van der Waals surface area contributed by atoms with Gasteiger partial charge in [0.2, 0.25) is 0 Å². The van der Waals surface area contributed by atoms with Crippen molar-refractivity contribution in [3.8, 4) is 0 Å². The molecule has 0 saturated heterocycles. The van der Waals surface area contributed by atoms with E-state index in [9.17, 15) is 0 Å². The Morgan fingerprint density at radius 3 is 1.23 bits per heavy atom. The van der Waals surface area contributed by atoms with E-state index in [1.54, 1.807) is 0 Å². The van der Waals surface area contributed by atoms with Crippen LogP contribution in [0.3, 0.4) is 0 Å². The second-order valence-electron chi connectivity index (χ2n) is 2.07. The van der Waals surface area contributed by atoms with Gasteiger partial charge in [-0.05, 0) is 17.3 Å². The van der Waals surface area contributed by atoms with Crippen molar-refractivity contribution in [1.29, 1.82) is 0 Å². The van der Waals surface area contributed by atoms with Crippen molar-refractivity contribution in [2.75, 3.05) is 34.5 Å². The lowest BCUT2D eigenvalue weighted by Crippen LogP contribution is -1.98. The van der Waals surface area contributed by atoms with Gasteiger partial charge in [0.05, 0.1) is 3.91 Å². The van der Waals surface area contributed by atoms with Crippen LogP contribution in [0.2, 0.25) is 0 Å².